The number of carbonyl (C=O) groups is 1. The Balaban J connectivity index is 1.71. The lowest BCUT2D eigenvalue weighted by Crippen LogP contribution is -2.29. The van der Waals surface area contributed by atoms with E-state index in [1.165, 1.54) is 0 Å². The van der Waals surface area contributed by atoms with Crippen LogP contribution in [0.5, 0.6) is 11.5 Å². The first-order valence-electron chi connectivity index (χ1n) is 11.9. The summed E-state index contributed by atoms with van der Waals surface area (Å²) in [5.74, 6) is 0.790. The van der Waals surface area contributed by atoms with Crippen LogP contribution in [0.3, 0.4) is 0 Å². The Labute approximate surface area is 214 Å². The Bertz CT molecular complexity index is 1510. The minimum absolute atomic E-state index is 0.0302. The molecule has 5 rings (SSSR count). The van der Waals surface area contributed by atoms with E-state index in [1.54, 1.807) is 30.2 Å². The number of rotatable bonds is 7. The summed E-state index contributed by atoms with van der Waals surface area (Å²) >= 11 is 6.18. The van der Waals surface area contributed by atoms with E-state index in [-0.39, 0.29) is 22.7 Å². The number of hydrogen-bond acceptors (Lipinski definition) is 5. The van der Waals surface area contributed by atoms with Crippen molar-refractivity contribution < 1.29 is 18.7 Å². The molecule has 4 aromatic rings. The normalized spacial score (nSPS) is 14.8. The molecule has 1 atom stereocenters. The number of carbonyl (C=O) groups excluding carboxylic acids is 1. The second-order valence-electron chi connectivity index (χ2n) is 8.84. The molecular formula is C29H26ClNO5. The lowest BCUT2D eigenvalue weighted by Gasteiger charge is -2.26. The van der Waals surface area contributed by atoms with E-state index in [4.69, 9.17) is 25.5 Å². The molecule has 1 aromatic heterocycles. The molecule has 0 saturated carbocycles. The number of methoxy groups -OCH3 is 1. The molecule has 0 N–H and O–H groups in total. The average molecular weight is 504 g/mol. The highest BCUT2D eigenvalue weighted by Gasteiger charge is 2.44. The summed E-state index contributed by atoms with van der Waals surface area (Å²) in [6.45, 7) is 4.65. The molecule has 0 saturated heterocycles. The lowest BCUT2D eigenvalue weighted by atomic mass is 9.97. The molecule has 7 heteroatoms. The average Bonchev–Trinajstić information content (AvgIpc) is 3.17. The zero-order valence-electron chi connectivity index (χ0n) is 20.3. The maximum Gasteiger partial charge on any atom is 0.295 e. The summed E-state index contributed by atoms with van der Waals surface area (Å²) in [5.41, 5.74) is 2.73. The predicted octanol–water partition coefficient (Wildman–Crippen LogP) is 6.69. The van der Waals surface area contributed by atoms with Crippen LogP contribution in [0, 0.1) is 6.92 Å². The Morgan fingerprint density at radius 1 is 1.00 bits per heavy atom. The second-order valence-corrected chi connectivity index (χ2v) is 9.28. The van der Waals surface area contributed by atoms with Crippen LogP contribution < -0.4 is 19.8 Å². The van der Waals surface area contributed by atoms with Gasteiger partial charge < -0.3 is 13.9 Å². The first-order chi connectivity index (χ1) is 17.4. The summed E-state index contributed by atoms with van der Waals surface area (Å²) in [7, 11) is 1.57. The van der Waals surface area contributed by atoms with Crippen LogP contribution in [-0.4, -0.2) is 19.6 Å². The molecule has 1 unspecified atom stereocenters. The number of benzene rings is 3. The molecule has 0 aliphatic carbocycles. The van der Waals surface area contributed by atoms with Crippen molar-refractivity contribution in [1.29, 1.82) is 0 Å². The van der Waals surface area contributed by atoms with Crippen molar-refractivity contribution >= 4 is 34.2 Å². The molecule has 2 heterocycles. The van der Waals surface area contributed by atoms with E-state index in [2.05, 4.69) is 6.92 Å². The van der Waals surface area contributed by atoms with Gasteiger partial charge in [-0.1, -0.05) is 48.7 Å². The number of anilines is 1. The molecule has 0 bridgehead atoms. The Morgan fingerprint density at radius 2 is 1.78 bits per heavy atom. The van der Waals surface area contributed by atoms with E-state index >= 15 is 0 Å². The zero-order valence-corrected chi connectivity index (χ0v) is 21.1. The first kappa shape index (κ1) is 23.9. The van der Waals surface area contributed by atoms with E-state index in [0.29, 0.717) is 45.3 Å². The summed E-state index contributed by atoms with van der Waals surface area (Å²) in [4.78, 5) is 29.1. The third-order valence-electron chi connectivity index (χ3n) is 6.40. The standard InChI is InChI=1S/C29H26ClNO5/c1-4-5-14-35-23-12-8-18(15-24(23)34-3)26-25-27(32)21-16-19(30)9-13-22(21)36-28(25)29(33)31(26)20-10-6-17(2)7-11-20/h6-13,15-16,26H,4-5,14H2,1-3H3. The molecule has 184 valence electrons. The van der Waals surface area contributed by atoms with Gasteiger partial charge in [-0.2, -0.15) is 0 Å². The SMILES string of the molecule is CCCCOc1ccc(C2c3c(oc4ccc(Cl)cc4c3=O)C(=O)N2c2ccc(C)cc2)cc1OC. The first-order valence-corrected chi connectivity index (χ1v) is 12.3. The number of ether oxygens (including phenoxy) is 2. The number of aryl methyl sites for hydroxylation is 1. The minimum Gasteiger partial charge on any atom is -0.493 e. The van der Waals surface area contributed by atoms with Crippen LogP contribution in [0.2, 0.25) is 5.02 Å². The van der Waals surface area contributed by atoms with E-state index in [9.17, 15) is 9.59 Å². The third-order valence-corrected chi connectivity index (χ3v) is 6.64. The molecule has 3 aromatic carbocycles. The molecule has 0 radical (unpaired) electrons. The van der Waals surface area contributed by atoms with Gasteiger partial charge in [0.1, 0.15) is 5.58 Å². The van der Waals surface area contributed by atoms with Crippen LogP contribution >= 0.6 is 11.6 Å². The van der Waals surface area contributed by atoms with E-state index < -0.39 is 6.04 Å². The maximum absolute atomic E-state index is 13.8. The van der Waals surface area contributed by atoms with Crippen molar-refractivity contribution in [2.24, 2.45) is 0 Å². The number of hydrogen-bond donors (Lipinski definition) is 0. The quantitative estimate of drug-likeness (QED) is 0.263. The fourth-order valence-electron chi connectivity index (χ4n) is 4.53. The second kappa shape index (κ2) is 9.70. The molecule has 1 amide bonds. The number of amides is 1. The fourth-order valence-corrected chi connectivity index (χ4v) is 4.70. The number of nitrogens with zero attached hydrogens (tertiary/aromatic N) is 1. The van der Waals surface area contributed by atoms with Gasteiger partial charge in [-0.3, -0.25) is 14.5 Å². The van der Waals surface area contributed by atoms with Crippen LogP contribution in [0.15, 0.2) is 69.9 Å². The van der Waals surface area contributed by atoms with Crippen LogP contribution in [0.4, 0.5) is 5.69 Å². The zero-order chi connectivity index (χ0) is 25.4. The summed E-state index contributed by atoms with van der Waals surface area (Å²) < 4.78 is 17.5. The van der Waals surface area contributed by atoms with Gasteiger partial charge in [-0.05, 0) is 61.4 Å². The molecule has 0 spiro atoms. The van der Waals surface area contributed by atoms with Crippen molar-refractivity contribution in [2.45, 2.75) is 32.7 Å². The monoisotopic (exact) mass is 503 g/mol. The van der Waals surface area contributed by atoms with Crippen molar-refractivity contribution in [1.82, 2.24) is 0 Å². The Morgan fingerprint density at radius 3 is 2.50 bits per heavy atom. The maximum atomic E-state index is 13.8. The smallest absolute Gasteiger partial charge is 0.295 e. The van der Waals surface area contributed by atoms with E-state index in [1.807, 2.05) is 49.4 Å². The van der Waals surface area contributed by atoms with Crippen LogP contribution in [0.1, 0.15) is 53.1 Å². The van der Waals surface area contributed by atoms with Gasteiger partial charge in [0.2, 0.25) is 5.76 Å². The summed E-state index contributed by atoms with van der Waals surface area (Å²) in [5, 5.41) is 0.748. The number of fused-ring (bicyclic) bond motifs is 2. The molecule has 36 heavy (non-hydrogen) atoms. The van der Waals surface area contributed by atoms with Crippen molar-refractivity contribution in [3.05, 3.63) is 98.4 Å². The summed E-state index contributed by atoms with van der Waals surface area (Å²) in [6.07, 6.45) is 1.94. The molecular weight excluding hydrogens is 478 g/mol. The lowest BCUT2D eigenvalue weighted by molar-refractivity contribution is 0.0971. The van der Waals surface area contributed by atoms with Gasteiger partial charge in [0.05, 0.1) is 30.7 Å². The van der Waals surface area contributed by atoms with Gasteiger partial charge in [0.15, 0.2) is 16.9 Å². The van der Waals surface area contributed by atoms with Crippen molar-refractivity contribution in [2.75, 3.05) is 18.6 Å². The number of halogens is 1. The molecule has 6 nitrogen and oxygen atoms in total. The van der Waals surface area contributed by atoms with Gasteiger partial charge >= 0.3 is 0 Å². The van der Waals surface area contributed by atoms with Crippen LogP contribution in [-0.2, 0) is 0 Å². The molecule has 0 fully saturated rings. The Kier molecular flexibility index (Phi) is 6.46. The minimum atomic E-state index is -0.714. The molecule has 1 aliphatic heterocycles. The summed E-state index contributed by atoms with van der Waals surface area (Å²) in [6, 6.07) is 17.2. The van der Waals surface area contributed by atoms with Crippen molar-refractivity contribution in [3.63, 3.8) is 0 Å². The van der Waals surface area contributed by atoms with Crippen molar-refractivity contribution in [3.8, 4) is 11.5 Å². The highest BCUT2D eigenvalue weighted by molar-refractivity contribution is 6.31. The number of unbranched alkanes of at least 4 members (excludes halogenated alkanes) is 1. The van der Waals surface area contributed by atoms with Crippen LogP contribution in [0.25, 0.3) is 11.0 Å². The van der Waals surface area contributed by atoms with E-state index in [0.717, 1.165) is 18.4 Å². The Hall–Kier alpha value is -3.77. The third kappa shape index (κ3) is 4.11. The topological polar surface area (TPSA) is 69.0 Å². The van der Waals surface area contributed by atoms with Gasteiger partial charge in [0.25, 0.3) is 5.91 Å². The largest absolute Gasteiger partial charge is 0.493 e. The highest BCUT2D eigenvalue weighted by Crippen LogP contribution is 2.43. The van der Waals surface area contributed by atoms with Gasteiger partial charge in [0, 0.05) is 10.7 Å². The fraction of sp³-hybridized carbons (Fsp3) is 0.241. The highest BCUT2D eigenvalue weighted by atomic mass is 35.5. The van der Waals surface area contributed by atoms with Gasteiger partial charge in [-0.15, -0.1) is 0 Å². The van der Waals surface area contributed by atoms with Gasteiger partial charge in [-0.25, -0.2) is 0 Å². The molecule has 1 aliphatic rings. The predicted molar refractivity (Wildman–Crippen MR) is 141 cm³/mol.